The lowest BCUT2D eigenvalue weighted by Gasteiger charge is -2.38. The summed E-state index contributed by atoms with van der Waals surface area (Å²) in [5.74, 6) is 0.970. The maximum atomic E-state index is 4.39. The number of aromatic nitrogens is 2. The predicted octanol–water partition coefficient (Wildman–Crippen LogP) is 3.58. The molecule has 1 aromatic carbocycles. The second kappa shape index (κ2) is 7.79. The first-order valence-corrected chi connectivity index (χ1v) is 9.54. The number of hydrogen-bond donors (Lipinski definition) is 2. The Bertz CT molecular complexity index is 821. The smallest absolute Gasteiger partial charge is 0.126 e. The van der Waals surface area contributed by atoms with Crippen molar-refractivity contribution in [3.8, 4) is 0 Å². The summed E-state index contributed by atoms with van der Waals surface area (Å²) >= 11 is 0. The second-order valence-corrected chi connectivity index (χ2v) is 6.97. The molecule has 1 aliphatic heterocycles. The van der Waals surface area contributed by atoms with Crippen LogP contribution in [0.25, 0.3) is 10.9 Å². The van der Waals surface area contributed by atoms with E-state index in [-0.39, 0.29) is 0 Å². The lowest BCUT2D eigenvalue weighted by molar-refractivity contribution is 0.246. The Morgan fingerprint density at radius 3 is 2.73 bits per heavy atom. The SMILES string of the molecule is CCC(CN1CCN(c2cccc3[nH]ccc23)CC1)Nc1ccccn1. The van der Waals surface area contributed by atoms with E-state index in [0.29, 0.717) is 6.04 Å². The quantitative estimate of drug-likeness (QED) is 0.714. The lowest BCUT2D eigenvalue weighted by atomic mass is 10.1. The van der Waals surface area contributed by atoms with Crippen LogP contribution in [0.3, 0.4) is 0 Å². The van der Waals surface area contributed by atoms with Crippen LogP contribution >= 0.6 is 0 Å². The van der Waals surface area contributed by atoms with E-state index in [2.05, 4.69) is 56.3 Å². The molecular weight excluding hydrogens is 322 g/mol. The van der Waals surface area contributed by atoms with E-state index in [1.165, 1.54) is 16.6 Å². The molecule has 1 aliphatic rings. The van der Waals surface area contributed by atoms with E-state index in [9.17, 15) is 0 Å². The largest absolute Gasteiger partial charge is 0.368 e. The summed E-state index contributed by atoms with van der Waals surface area (Å²) in [7, 11) is 0. The summed E-state index contributed by atoms with van der Waals surface area (Å²) in [5, 5.41) is 4.89. The Kier molecular flexibility index (Phi) is 5.07. The molecule has 0 spiro atoms. The molecule has 26 heavy (non-hydrogen) atoms. The highest BCUT2D eigenvalue weighted by Crippen LogP contribution is 2.27. The molecule has 0 amide bonds. The molecule has 4 rings (SSSR count). The van der Waals surface area contributed by atoms with Crippen molar-refractivity contribution in [1.82, 2.24) is 14.9 Å². The van der Waals surface area contributed by atoms with Gasteiger partial charge in [-0.1, -0.05) is 19.1 Å². The molecule has 0 bridgehead atoms. The summed E-state index contributed by atoms with van der Waals surface area (Å²) < 4.78 is 0. The van der Waals surface area contributed by atoms with Crippen molar-refractivity contribution in [2.75, 3.05) is 42.9 Å². The average molecular weight is 349 g/mol. The number of H-pyrrole nitrogens is 1. The van der Waals surface area contributed by atoms with E-state index in [1.54, 1.807) is 0 Å². The number of nitrogens with one attached hydrogen (secondary N) is 2. The molecule has 0 radical (unpaired) electrons. The second-order valence-electron chi connectivity index (χ2n) is 6.97. The van der Waals surface area contributed by atoms with Crippen molar-refractivity contribution >= 4 is 22.4 Å². The van der Waals surface area contributed by atoms with Crippen molar-refractivity contribution in [2.24, 2.45) is 0 Å². The monoisotopic (exact) mass is 349 g/mol. The molecule has 2 N–H and O–H groups in total. The van der Waals surface area contributed by atoms with E-state index < -0.39 is 0 Å². The lowest BCUT2D eigenvalue weighted by Crippen LogP contribution is -2.49. The third kappa shape index (κ3) is 3.68. The van der Waals surface area contributed by atoms with Gasteiger partial charge in [-0.05, 0) is 36.8 Å². The zero-order valence-electron chi connectivity index (χ0n) is 15.4. The fourth-order valence-electron chi connectivity index (χ4n) is 3.76. The molecule has 5 nitrogen and oxygen atoms in total. The van der Waals surface area contributed by atoms with Gasteiger partial charge in [0.05, 0.1) is 0 Å². The van der Waals surface area contributed by atoms with E-state index in [0.717, 1.165) is 45.0 Å². The molecule has 1 atom stereocenters. The number of hydrogen-bond acceptors (Lipinski definition) is 4. The van der Waals surface area contributed by atoms with Gasteiger partial charge in [0.15, 0.2) is 0 Å². The third-order valence-corrected chi connectivity index (χ3v) is 5.27. The maximum absolute atomic E-state index is 4.39. The molecule has 0 aliphatic carbocycles. The van der Waals surface area contributed by atoms with Crippen LogP contribution in [0.1, 0.15) is 13.3 Å². The van der Waals surface area contributed by atoms with Crippen molar-refractivity contribution in [3.63, 3.8) is 0 Å². The van der Waals surface area contributed by atoms with Gasteiger partial charge in [-0.2, -0.15) is 0 Å². The highest BCUT2D eigenvalue weighted by Gasteiger charge is 2.21. The van der Waals surface area contributed by atoms with Gasteiger partial charge in [-0.15, -0.1) is 0 Å². The first kappa shape index (κ1) is 16.9. The Balaban J connectivity index is 1.35. The van der Waals surface area contributed by atoms with Crippen LogP contribution in [0, 0.1) is 0 Å². The fourth-order valence-corrected chi connectivity index (χ4v) is 3.76. The van der Waals surface area contributed by atoms with Gasteiger partial charge in [0.2, 0.25) is 0 Å². The third-order valence-electron chi connectivity index (χ3n) is 5.27. The molecule has 1 saturated heterocycles. The number of benzene rings is 1. The van der Waals surface area contributed by atoms with Crippen LogP contribution in [0.5, 0.6) is 0 Å². The van der Waals surface area contributed by atoms with Gasteiger partial charge >= 0.3 is 0 Å². The Morgan fingerprint density at radius 1 is 1.08 bits per heavy atom. The van der Waals surface area contributed by atoms with E-state index in [4.69, 9.17) is 0 Å². The molecule has 3 aromatic rings. The Labute approximate surface area is 155 Å². The van der Waals surface area contributed by atoms with Gasteiger partial charge in [-0.3, -0.25) is 4.90 Å². The van der Waals surface area contributed by atoms with E-state index >= 15 is 0 Å². The van der Waals surface area contributed by atoms with Gasteiger partial charge in [-0.25, -0.2) is 4.98 Å². The molecule has 0 saturated carbocycles. The van der Waals surface area contributed by atoms with Gasteiger partial charge in [0.25, 0.3) is 0 Å². The summed E-state index contributed by atoms with van der Waals surface area (Å²) in [5.41, 5.74) is 2.57. The topological polar surface area (TPSA) is 47.2 Å². The molecule has 2 aromatic heterocycles. The highest BCUT2D eigenvalue weighted by molar-refractivity contribution is 5.92. The van der Waals surface area contributed by atoms with Gasteiger partial charge in [0.1, 0.15) is 5.82 Å². The first-order valence-electron chi connectivity index (χ1n) is 9.54. The summed E-state index contributed by atoms with van der Waals surface area (Å²) in [6.07, 6.45) is 4.97. The number of nitrogens with zero attached hydrogens (tertiary/aromatic N) is 3. The van der Waals surface area contributed by atoms with Crippen LogP contribution in [-0.2, 0) is 0 Å². The zero-order chi connectivity index (χ0) is 17.8. The van der Waals surface area contributed by atoms with Gasteiger partial charge < -0.3 is 15.2 Å². The molecule has 1 fully saturated rings. The standard InChI is InChI=1S/C21H27N5/c1-2-17(24-21-8-3-4-10-23-21)16-25-12-14-26(15-13-25)20-7-5-6-19-18(20)9-11-22-19/h3-11,17,22H,2,12-16H2,1H3,(H,23,24). The van der Waals surface area contributed by atoms with Crippen LogP contribution in [0.4, 0.5) is 11.5 Å². The van der Waals surface area contributed by atoms with E-state index in [1.807, 2.05) is 30.6 Å². The normalized spacial score (nSPS) is 16.7. The number of aromatic amines is 1. The number of anilines is 2. The summed E-state index contributed by atoms with van der Waals surface area (Å²) in [6, 6.07) is 15.2. The molecule has 3 heterocycles. The number of piperazine rings is 1. The molecule has 1 unspecified atom stereocenters. The Hall–Kier alpha value is -2.53. The van der Waals surface area contributed by atoms with Crippen LogP contribution in [-0.4, -0.2) is 53.6 Å². The van der Waals surface area contributed by atoms with Crippen molar-refractivity contribution in [1.29, 1.82) is 0 Å². The number of rotatable bonds is 6. The van der Waals surface area contributed by atoms with Crippen LogP contribution in [0.15, 0.2) is 54.9 Å². The van der Waals surface area contributed by atoms with Gasteiger partial charge in [0, 0.05) is 67.7 Å². The minimum Gasteiger partial charge on any atom is -0.368 e. The highest BCUT2D eigenvalue weighted by atomic mass is 15.3. The van der Waals surface area contributed by atoms with Crippen LogP contribution in [0.2, 0.25) is 0 Å². The Morgan fingerprint density at radius 2 is 1.96 bits per heavy atom. The van der Waals surface area contributed by atoms with Crippen molar-refractivity contribution < 1.29 is 0 Å². The molecule has 136 valence electrons. The predicted molar refractivity (Wildman–Crippen MR) is 109 cm³/mol. The van der Waals surface area contributed by atoms with Crippen molar-refractivity contribution in [3.05, 3.63) is 54.9 Å². The fraction of sp³-hybridized carbons (Fsp3) is 0.381. The van der Waals surface area contributed by atoms with Crippen molar-refractivity contribution in [2.45, 2.75) is 19.4 Å². The number of fused-ring (bicyclic) bond motifs is 1. The zero-order valence-corrected chi connectivity index (χ0v) is 15.4. The summed E-state index contributed by atoms with van der Waals surface area (Å²) in [6.45, 7) is 7.65. The maximum Gasteiger partial charge on any atom is 0.126 e. The minimum atomic E-state index is 0.435. The average Bonchev–Trinajstić information content (AvgIpc) is 3.18. The minimum absolute atomic E-state index is 0.435. The van der Waals surface area contributed by atoms with Crippen LogP contribution < -0.4 is 10.2 Å². The first-order chi connectivity index (χ1) is 12.8. The molecule has 5 heteroatoms. The summed E-state index contributed by atoms with van der Waals surface area (Å²) in [4.78, 5) is 12.8. The molecular formula is C21H27N5. The number of pyridine rings is 1.